The lowest BCUT2D eigenvalue weighted by Gasteiger charge is -2.39. The second-order valence-electron chi connectivity index (χ2n) is 12.1. The molecule has 2 fully saturated rings. The van der Waals surface area contributed by atoms with E-state index in [9.17, 15) is 46.7 Å². The minimum atomic E-state index is -4.51. The van der Waals surface area contributed by atoms with Gasteiger partial charge in [0.05, 0.1) is 25.7 Å². The van der Waals surface area contributed by atoms with Crippen LogP contribution < -0.4 is 5.32 Å². The topological polar surface area (TPSA) is 226 Å². The first-order valence-corrected chi connectivity index (χ1v) is 17.4. The molecule has 2 aliphatic rings. The highest BCUT2D eigenvalue weighted by molar-refractivity contribution is 7.89. The molecule has 4 rings (SSSR count). The summed E-state index contributed by atoms with van der Waals surface area (Å²) in [5.74, 6) is -0.636. The number of likely N-dealkylation sites (tertiary alicyclic amines) is 1. The maximum absolute atomic E-state index is 13.8. The van der Waals surface area contributed by atoms with Crippen LogP contribution in [0.4, 0.5) is 16.2 Å². The highest BCUT2D eigenvalue weighted by atomic mass is 32.2. The van der Waals surface area contributed by atoms with E-state index in [1.807, 2.05) is 0 Å². The van der Waals surface area contributed by atoms with Gasteiger partial charge in [0.2, 0.25) is 15.9 Å². The van der Waals surface area contributed by atoms with E-state index in [-0.39, 0.29) is 40.0 Å². The number of nitro groups is 2. The van der Waals surface area contributed by atoms with E-state index in [0.29, 0.717) is 25.9 Å². The summed E-state index contributed by atoms with van der Waals surface area (Å²) in [5.41, 5.74) is -1.37. The molecule has 0 aliphatic carbocycles. The molecule has 0 aromatic heterocycles. The number of nitrogens with zero attached hydrogens (tertiary/aromatic N) is 4. The molecule has 0 bridgehead atoms. The Morgan fingerprint density at radius 2 is 1.34 bits per heavy atom. The zero-order valence-electron chi connectivity index (χ0n) is 25.8. The van der Waals surface area contributed by atoms with Crippen LogP contribution in [0.2, 0.25) is 0 Å². The van der Waals surface area contributed by atoms with E-state index in [1.165, 1.54) is 4.90 Å². The summed E-state index contributed by atoms with van der Waals surface area (Å²) >= 11 is 0. The van der Waals surface area contributed by atoms with Gasteiger partial charge in [-0.1, -0.05) is 0 Å². The average molecular weight is 698 g/mol. The van der Waals surface area contributed by atoms with Crippen molar-refractivity contribution < 1.29 is 45.2 Å². The normalized spacial score (nSPS) is 19.9. The molecule has 2 saturated heterocycles. The summed E-state index contributed by atoms with van der Waals surface area (Å²) < 4.78 is 65.2. The first kappa shape index (κ1) is 35.7. The molecule has 2 aromatic rings. The standard InChI is InChI=1S/C28H35N5O12S2/c1-28(2,3)44-27(35)30-16-14-19(15-17-30)29-26(34)25-13-8-22(45-47(42,43)24-11-6-21(7-12-24)33(38)39)18-31(25)46(40,41)23-9-4-20(5-10-23)32(36)37/h4-7,9-12,19,22,25H,8,13-18H2,1-3H3,(H,29,34)/t22-,25-/m1/s1. The van der Waals surface area contributed by atoms with Crippen molar-refractivity contribution in [3.63, 3.8) is 0 Å². The Labute approximate surface area is 271 Å². The Morgan fingerprint density at radius 1 is 0.830 bits per heavy atom. The van der Waals surface area contributed by atoms with Crippen molar-refractivity contribution >= 4 is 43.5 Å². The number of carbonyl (C=O) groups excluding carboxylic acids is 2. The molecule has 0 spiro atoms. The number of nitrogens with one attached hydrogen (secondary N) is 1. The van der Waals surface area contributed by atoms with E-state index < -0.39 is 66.3 Å². The molecule has 1 N–H and O–H groups in total. The fraction of sp³-hybridized carbons (Fsp3) is 0.500. The van der Waals surface area contributed by atoms with Crippen molar-refractivity contribution in [3.05, 3.63) is 68.8 Å². The van der Waals surface area contributed by atoms with E-state index in [1.54, 1.807) is 20.8 Å². The number of carbonyl (C=O) groups is 2. The van der Waals surface area contributed by atoms with Gasteiger partial charge in [0.1, 0.15) is 11.6 Å². The zero-order valence-corrected chi connectivity index (χ0v) is 27.4. The SMILES string of the molecule is CC(C)(C)OC(=O)N1CCC(NC(=O)[C@H]2CC[C@@H](OS(=O)(=O)c3ccc([N+](=O)[O-])cc3)CN2S(=O)(=O)c2ccc([N+](=O)[O-])cc2)CC1. The summed E-state index contributed by atoms with van der Waals surface area (Å²) in [6, 6.07) is 6.33. The van der Waals surface area contributed by atoms with Crippen molar-refractivity contribution in [2.24, 2.45) is 0 Å². The van der Waals surface area contributed by atoms with E-state index in [0.717, 1.165) is 52.8 Å². The second kappa shape index (κ2) is 13.9. The number of ether oxygens (including phenoxy) is 1. The summed E-state index contributed by atoms with van der Waals surface area (Å²) in [7, 11) is -9.01. The van der Waals surface area contributed by atoms with Gasteiger partial charge < -0.3 is 15.0 Å². The van der Waals surface area contributed by atoms with Crippen molar-refractivity contribution in [1.82, 2.24) is 14.5 Å². The van der Waals surface area contributed by atoms with E-state index in [2.05, 4.69) is 5.32 Å². The molecule has 2 heterocycles. The molecule has 2 aliphatic heterocycles. The zero-order chi connectivity index (χ0) is 34.7. The minimum absolute atomic E-state index is 0.0341. The van der Waals surface area contributed by atoms with Crippen LogP contribution in [0.5, 0.6) is 0 Å². The third-order valence-corrected chi connectivity index (χ3v) is 10.8. The number of piperidine rings is 2. The summed E-state index contributed by atoms with van der Waals surface area (Å²) in [4.78, 5) is 47.4. The molecule has 2 atom stereocenters. The summed E-state index contributed by atoms with van der Waals surface area (Å²) in [5, 5.41) is 24.9. The fourth-order valence-corrected chi connectivity index (χ4v) is 7.93. The first-order chi connectivity index (χ1) is 21.9. The maximum Gasteiger partial charge on any atom is 0.410 e. The number of hydrogen-bond acceptors (Lipinski definition) is 12. The maximum atomic E-state index is 13.8. The Bertz CT molecular complexity index is 1720. The molecule has 0 unspecified atom stereocenters. The molecule has 17 nitrogen and oxygen atoms in total. The largest absolute Gasteiger partial charge is 0.444 e. The lowest BCUT2D eigenvalue weighted by molar-refractivity contribution is -0.385. The van der Waals surface area contributed by atoms with Gasteiger partial charge in [-0.15, -0.1) is 0 Å². The number of non-ortho nitro benzene ring substituents is 2. The van der Waals surface area contributed by atoms with Crippen LogP contribution in [-0.4, -0.2) is 91.3 Å². The number of hydrogen-bond donors (Lipinski definition) is 1. The van der Waals surface area contributed by atoms with Gasteiger partial charge in [0.25, 0.3) is 21.5 Å². The summed E-state index contributed by atoms with van der Waals surface area (Å²) in [6.07, 6.45) is -1.12. The van der Waals surface area contributed by atoms with Gasteiger partial charge >= 0.3 is 6.09 Å². The number of sulfonamides is 1. The Morgan fingerprint density at radius 3 is 1.83 bits per heavy atom. The molecular formula is C28H35N5O12S2. The first-order valence-electron chi connectivity index (χ1n) is 14.6. The van der Waals surface area contributed by atoms with Gasteiger partial charge in [-0.25, -0.2) is 13.2 Å². The van der Waals surface area contributed by atoms with E-state index >= 15 is 0 Å². The Kier molecular flexibility index (Phi) is 10.5. The van der Waals surface area contributed by atoms with Gasteiger partial charge in [-0.2, -0.15) is 12.7 Å². The molecule has 2 amide bonds. The van der Waals surface area contributed by atoms with Crippen LogP contribution in [0.3, 0.4) is 0 Å². The van der Waals surface area contributed by atoms with Crippen molar-refractivity contribution in [2.75, 3.05) is 19.6 Å². The number of rotatable bonds is 9. The van der Waals surface area contributed by atoms with Crippen molar-refractivity contribution in [1.29, 1.82) is 0 Å². The lowest BCUT2D eigenvalue weighted by atomic mass is 10.00. The molecular weight excluding hydrogens is 662 g/mol. The Balaban J connectivity index is 1.52. The predicted molar refractivity (Wildman–Crippen MR) is 164 cm³/mol. The second-order valence-corrected chi connectivity index (χ2v) is 15.6. The molecule has 256 valence electrons. The minimum Gasteiger partial charge on any atom is -0.444 e. The molecule has 47 heavy (non-hydrogen) atoms. The predicted octanol–water partition coefficient (Wildman–Crippen LogP) is 2.95. The van der Waals surface area contributed by atoms with Crippen LogP contribution in [0.25, 0.3) is 0 Å². The van der Waals surface area contributed by atoms with Crippen LogP contribution in [0, 0.1) is 20.2 Å². The highest BCUT2D eigenvalue weighted by Gasteiger charge is 2.43. The smallest absolute Gasteiger partial charge is 0.410 e. The quantitative estimate of drug-likeness (QED) is 0.227. The summed E-state index contributed by atoms with van der Waals surface area (Å²) in [6.45, 7) is 5.29. The molecule has 0 radical (unpaired) electrons. The van der Waals surface area contributed by atoms with E-state index in [4.69, 9.17) is 8.92 Å². The van der Waals surface area contributed by atoms with Gasteiger partial charge in [-0.05, 0) is 70.7 Å². The highest BCUT2D eigenvalue weighted by Crippen LogP contribution is 2.30. The van der Waals surface area contributed by atoms with Gasteiger partial charge in [0.15, 0.2) is 0 Å². The molecule has 19 heteroatoms. The number of nitro benzene ring substituents is 2. The lowest BCUT2D eigenvalue weighted by Crippen LogP contribution is -2.57. The van der Waals surface area contributed by atoms with Crippen molar-refractivity contribution in [3.8, 4) is 0 Å². The van der Waals surface area contributed by atoms with Crippen LogP contribution in [0.1, 0.15) is 46.5 Å². The number of amides is 2. The van der Waals surface area contributed by atoms with Gasteiger partial charge in [0, 0.05) is 49.9 Å². The average Bonchev–Trinajstić information content (AvgIpc) is 3.00. The third-order valence-electron chi connectivity index (χ3n) is 7.54. The van der Waals surface area contributed by atoms with Crippen molar-refractivity contribution in [2.45, 2.75) is 80.0 Å². The Hall–Kier alpha value is -4.20. The molecule has 2 aromatic carbocycles. The van der Waals surface area contributed by atoms with Crippen LogP contribution >= 0.6 is 0 Å². The monoisotopic (exact) mass is 697 g/mol. The van der Waals surface area contributed by atoms with Gasteiger partial charge in [-0.3, -0.25) is 29.2 Å². The third kappa shape index (κ3) is 8.79. The van der Waals surface area contributed by atoms with Crippen LogP contribution in [0.15, 0.2) is 58.3 Å². The van der Waals surface area contributed by atoms with Crippen LogP contribution in [-0.2, 0) is 33.9 Å². The molecule has 0 saturated carbocycles. The number of benzene rings is 2. The fourth-order valence-electron chi connectivity index (χ4n) is 5.19.